The minimum atomic E-state index is -0.730. The average molecular weight is 359 g/mol. The van der Waals surface area contributed by atoms with E-state index in [-0.39, 0.29) is 6.10 Å². The zero-order chi connectivity index (χ0) is 19.1. The molecule has 0 aromatic carbocycles. The Morgan fingerprint density at radius 1 is 0.840 bits per heavy atom. The van der Waals surface area contributed by atoms with Crippen molar-refractivity contribution in [3.05, 3.63) is 0 Å². The standard InChI is InChI=1S/C21H43NO3/c1-5-8-11-12-15-20(23)18-22(16-13-9-6-2,17-14-10-7-3)19(4)21(24)25/h19-20,23H,5-18H2,1-4H3/p+1. The van der Waals surface area contributed by atoms with E-state index in [1.54, 1.807) is 0 Å². The van der Waals surface area contributed by atoms with E-state index >= 15 is 0 Å². The molecular weight excluding hydrogens is 314 g/mol. The lowest BCUT2D eigenvalue weighted by Crippen LogP contribution is -2.61. The maximum absolute atomic E-state index is 11.8. The molecule has 0 saturated heterocycles. The molecule has 4 heteroatoms. The first-order chi connectivity index (χ1) is 11.9. The van der Waals surface area contributed by atoms with Crippen molar-refractivity contribution < 1.29 is 19.5 Å². The second-order valence-corrected chi connectivity index (χ2v) is 7.78. The van der Waals surface area contributed by atoms with Gasteiger partial charge in [0.15, 0.2) is 6.04 Å². The van der Waals surface area contributed by atoms with Crippen molar-refractivity contribution in [2.45, 2.75) is 110 Å². The number of carboxylic acids is 1. The molecule has 0 bridgehead atoms. The highest BCUT2D eigenvalue weighted by atomic mass is 16.4. The number of aliphatic hydroxyl groups is 1. The van der Waals surface area contributed by atoms with Gasteiger partial charge in [-0.25, -0.2) is 4.79 Å². The Bertz CT molecular complexity index is 323. The lowest BCUT2D eigenvalue weighted by Gasteiger charge is -2.43. The molecule has 0 saturated carbocycles. The molecule has 2 unspecified atom stereocenters. The molecule has 0 fully saturated rings. The molecular formula is C21H44NO3+. The minimum Gasteiger partial charge on any atom is -0.477 e. The van der Waals surface area contributed by atoms with Crippen LogP contribution in [0.25, 0.3) is 0 Å². The Kier molecular flexibility index (Phi) is 14.2. The number of quaternary nitrogens is 1. The number of carbonyl (C=O) groups is 1. The highest BCUT2D eigenvalue weighted by Gasteiger charge is 2.39. The van der Waals surface area contributed by atoms with Crippen molar-refractivity contribution >= 4 is 5.97 Å². The topological polar surface area (TPSA) is 57.5 Å². The maximum atomic E-state index is 11.8. The van der Waals surface area contributed by atoms with Crippen LogP contribution in [0.2, 0.25) is 0 Å². The van der Waals surface area contributed by atoms with E-state index < -0.39 is 12.0 Å². The number of unbranched alkanes of at least 4 members (excludes halogenated alkanes) is 7. The van der Waals surface area contributed by atoms with Crippen LogP contribution in [0, 0.1) is 0 Å². The van der Waals surface area contributed by atoms with E-state index in [2.05, 4.69) is 20.8 Å². The predicted octanol–water partition coefficient (Wildman–Crippen LogP) is 4.99. The number of aliphatic carboxylic acids is 1. The largest absolute Gasteiger partial charge is 0.477 e. The van der Waals surface area contributed by atoms with Crippen molar-refractivity contribution in [1.82, 2.24) is 0 Å². The van der Waals surface area contributed by atoms with Crippen molar-refractivity contribution in [2.75, 3.05) is 19.6 Å². The predicted molar refractivity (Wildman–Crippen MR) is 106 cm³/mol. The van der Waals surface area contributed by atoms with Gasteiger partial charge in [0.05, 0.1) is 13.1 Å². The Morgan fingerprint density at radius 3 is 1.76 bits per heavy atom. The maximum Gasteiger partial charge on any atom is 0.362 e. The lowest BCUT2D eigenvalue weighted by atomic mass is 10.0. The first kappa shape index (κ1) is 24.4. The lowest BCUT2D eigenvalue weighted by molar-refractivity contribution is -0.944. The van der Waals surface area contributed by atoms with E-state index in [1.165, 1.54) is 12.8 Å². The van der Waals surface area contributed by atoms with Crippen molar-refractivity contribution in [3.8, 4) is 0 Å². The molecule has 0 aromatic rings. The molecule has 25 heavy (non-hydrogen) atoms. The number of aliphatic hydroxyl groups excluding tert-OH is 1. The van der Waals surface area contributed by atoms with Crippen LogP contribution >= 0.6 is 0 Å². The van der Waals surface area contributed by atoms with Gasteiger partial charge in [-0.05, 0) is 39.0 Å². The molecule has 0 radical (unpaired) electrons. The first-order valence-corrected chi connectivity index (χ1v) is 10.7. The first-order valence-electron chi connectivity index (χ1n) is 10.7. The third-order valence-electron chi connectivity index (χ3n) is 5.56. The number of hydrogen-bond donors (Lipinski definition) is 2. The van der Waals surface area contributed by atoms with Crippen molar-refractivity contribution in [1.29, 1.82) is 0 Å². The molecule has 0 rings (SSSR count). The van der Waals surface area contributed by atoms with Gasteiger partial charge >= 0.3 is 5.97 Å². The van der Waals surface area contributed by atoms with Gasteiger partial charge in [-0.2, -0.15) is 0 Å². The fourth-order valence-corrected chi connectivity index (χ4v) is 3.75. The Morgan fingerprint density at radius 2 is 1.32 bits per heavy atom. The van der Waals surface area contributed by atoms with E-state index in [0.29, 0.717) is 11.0 Å². The van der Waals surface area contributed by atoms with Crippen LogP contribution in [0.3, 0.4) is 0 Å². The summed E-state index contributed by atoms with van der Waals surface area (Å²) in [5.74, 6) is -0.730. The minimum absolute atomic E-state index is 0.387. The van der Waals surface area contributed by atoms with Crippen LogP contribution in [-0.2, 0) is 4.79 Å². The number of nitrogens with zero attached hydrogens (tertiary/aromatic N) is 1. The van der Waals surface area contributed by atoms with Crippen LogP contribution in [0.1, 0.15) is 98.3 Å². The van der Waals surface area contributed by atoms with Gasteiger partial charge in [-0.3, -0.25) is 0 Å². The fourth-order valence-electron chi connectivity index (χ4n) is 3.75. The SMILES string of the molecule is CCCCCCC(O)C[N+](CCCCC)(CCCCC)C(C)C(=O)O. The summed E-state index contributed by atoms with van der Waals surface area (Å²) in [6.45, 7) is 10.7. The van der Waals surface area contributed by atoms with E-state index in [1.807, 2.05) is 6.92 Å². The average Bonchev–Trinajstić information content (AvgIpc) is 2.58. The molecule has 0 aromatic heterocycles. The van der Waals surface area contributed by atoms with Crippen LogP contribution in [-0.4, -0.2) is 52.4 Å². The highest BCUT2D eigenvalue weighted by molar-refractivity contribution is 5.71. The van der Waals surface area contributed by atoms with Gasteiger partial charge < -0.3 is 14.7 Å². The quantitative estimate of drug-likeness (QED) is 0.284. The smallest absolute Gasteiger partial charge is 0.362 e. The highest BCUT2D eigenvalue weighted by Crippen LogP contribution is 2.22. The van der Waals surface area contributed by atoms with Crippen LogP contribution in [0.4, 0.5) is 0 Å². The Labute approximate surface area is 156 Å². The normalized spacial score (nSPS) is 14.4. The summed E-state index contributed by atoms with van der Waals surface area (Å²) in [6.07, 6.45) is 11.6. The van der Waals surface area contributed by atoms with Gasteiger partial charge in [0.1, 0.15) is 12.6 Å². The molecule has 0 aliphatic rings. The molecule has 0 heterocycles. The molecule has 4 nitrogen and oxygen atoms in total. The Hall–Kier alpha value is -0.610. The third-order valence-corrected chi connectivity index (χ3v) is 5.56. The van der Waals surface area contributed by atoms with Gasteiger partial charge in [-0.15, -0.1) is 0 Å². The van der Waals surface area contributed by atoms with Crippen LogP contribution in [0.15, 0.2) is 0 Å². The molecule has 2 atom stereocenters. The number of carboxylic acid groups (broad SMARTS) is 1. The molecule has 150 valence electrons. The second kappa shape index (κ2) is 14.5. The van der Waals surface area contributed by atoms with Crippen molar-refractivity contribution in [2.24, 2.45) is 0 Å². The number of hydrogen-bond acceptors (Lipinski definition) is 2. The summed E-state index contributed by atoms with van der Waals surface area (Å²) in [4.78, 5) is 11.8. The number of rotatable bonds is 17. The summed E-state index contributed by atoms with van der Waals surface area (Å²) < 4.78 is 0.546. The van der Waals surface area contributed by atoms with E-state index in [4.69, 9.17) is 0 Å². The third kappa shape index (κ3) is 10.2. The summed E-state index contributed by atoms with van der Waals surface area (Å²) in [5.41, 5.74) is 0. The summed E-state index contributed by atoms with van der Waals surface area (Å²) in [5, 5.41) is 20.3. The second-order valence-electron chi connectivity index (χ2n) is 7.78. The van der Waals surface area contributed by atoms with Gasteiger partial charge in [0.25, 0.3) is 0 Å². The molecule has 0 amide bonds. The van der Waals surface area contributed by atoms with Gasteiger partial charge in [0, 0.05) is 0 Å². The zero-order valence-electron chi connectivity index (χ0n) is 17.3. The van der Waals surface area contributed by atoms with Crippen LogP contribution < -0.4 is 0 Å². The monoisotopic (exact) mass is 358 g/mol. The Balaban J connectivity index is 5.02. The molecule has 2 N–H and O–H groups in total. The molecule has 0 spiro atoms. The summed E-state index contributed by atoms with van der Waals surface area (Å²) in [6, 6.07) is -0.445. The summed E-state index contributed by atoms with van der Waals surface area (Å²) in [7, 11) is 0. The van der Waals surface area contributed by atoms with Crippen molar-refractivity contribution in [3.63, 3.8) is 0 Å². The molecule has 0 aliphatic heterocycles. The van der Waals surface area contributed by atoms with Gasteiger partial charge in [0.2, 0.25) is 0 Å². The van der Waals surface area contributed by atoms with E-state index in [9.17, 15) is 15.0 Å². The zero-order valence-corrected chi connectivity index (χ0v) is 17.3. The van der Waals surface area contributed by atoms with Crippen LogP contribution in [0.5, 0.6) is 0 Å². The molecule has 0 aliphatic carbocycles. The van der Waals surface area contributed by atoms with E-state index in [0.717, 1.165) is 70.9 Å². The van der Waals surface area contributed by atoms with Gasteiger partial charge in [-0.1, -0.05) is 59.3 Å². The fraction of sp³-hybridized carbons (Fsp3) is 0.952. The summed E-state index contributed by atoms with van der Waals surface area (Å²) >= 11 is 0.